The summed E-state index contributed by atoms with van der Waals surface area (Å²) < 4.78 is 12.3. The summed E-state index contributed by atoms with van der Waals surface area (Å²) in [5.74, 6) is 0.539. The minimum atomic E-state index is -0.669. The topological polar surface area (TPSA) is 91.4 Å². The molecule has 0 aliphatic carbocycles. The van der Waals surface area contributed by atoms with Crippen molar-refractivity contribution in [1.29, 1.82) is 0 Å². The van der Waals surface area contributed by atoms with Gasteiger partial charge in [-0.05, 0) is 20.8 Å². The molecule has 0 aromatic carbocycles. The lowest BCUT2D eigenvalue weighted by molar-refractivity contribution is 0.0433. The highest BCUT2D eigenvalue weighted by molar-refractivity contribution is 5.69. The van der Waals surface area contributed by atoms with E-state index in [2.05, 4.69) is 10.4 Å². The zero-order valence-electron chi connectivity index (χ0n) is 12.4. The third kappa shape index (κ3) is 3.04. The van der Waals surface area contributed by atoms with Gasteiger partial charge in [0, 0.05) is 26.1 Å². The Balaban J connectivity index is 2.20. The molecule has 1 aromatic heterocycles. The Hall–Kier alpha value is -1.76. The van der Waals surface area contributed by atoms with Gasteiger partial charge in [-0.15, -0.1) is 0 Å². The minimum Gasteiger partial charge on any atom is -0.444 e. The first kappa shape index (κ1) is 14.6. The Morgan fingerprint density at radius 3 is 2.75 bits per heavy atom. The number of rotatable bonds is 2. The summed E-state index contributed by atoms with van der Waals surface area (Å²) in [4.78, 5) is 12.0. The maximum absolute atomic E-state index is 12.0. The summed E-state index contributed by atoms with van der Waals surface area (Å²) in [5, 5.41) is 7.24. The second-order valence-electron chi connectivity index (χ2n) is 6.09. The summed E-state index contributed by atoms with van der Waals surface area (Å²) in [6, 6.07) is 1.76. The molecule has 3 N–H and O–H groups in total. The molecular weight excluding hydrogens is 260 g/mol. The molecule has 1 fully saturated rings. The Labute approximate surface area is 118 Å². The molecule has 112 valence electrons. The van der Waals surface area contributed by atoms with Gasteiger partial charge in [0.05, 0.1) is 12.3 Å². The van der Waals surface area contributed by atoms with Crippen LogP contribution in [0.4, 0.5) is 10.6 Å². The molecule has 7 nitrogen and oxygen atoms in total. The maximum atomic E-state index is 12.0. The summed E-state index contributed by atoms with van der Waals surface area (Å²) >= 11 is 0. The first-order chi connectivity index (χ1) is 9.22. The molecule has 0 bridgehead atoms. The van der Waals surface area contributed by atoms with E-state index in [0.717, 1.165) is 0 Å². The van der Waals surface area contributed by atoms with Crippen LogP contribution in [0.3, 0.4) is 0 Å². The predicted molar refractivity (Wildman–Crippen MR) is 74.1 cm³/mol. The van der Waals surface area contributed by atoms with E-state index >= 15 is 0 Å². The fourth-order valence-corrected chi connectivity index (χ4v) is 2.14. The van der Waals surface area contributed by atoms with Crippen molar-refractivity contribution >= 4 is 11.9 Å². The maximum Gasteiger partial charge on any atom is 0.408 e. The Bertz CT molecular complexity index is 479. The molecule has 2 rings (SSSR count). The van der Waals surface area contributed by atoms with Crippen molar-refractivity contribution in [3.63, 3.8) is 0 Å². The van der Waals surface area contributed by atoms with Crippen molar-refractivity contribution in [2.75, 3.05) is 18.9 Å². The molecule has 20 heavy (non-hydrogen) atoms. The van der Waals surface area contributed by atoms with Crippen LogP contribution in [-0.4, -0.2) is 34.7 Å². The first-order valence-electron chi connectivity index (χ1n) is 6.61. The number of carbonyl (C=O) groups excluding carboxylic acids is 1. The number of hydrogen-bond donors (Lipinski definition) is 2. The Morgan fingerprint density at radius 2 is 2.30 bits per heavy atom. The van der Waals surface area contributed by atoms with Gasteiger partial charge in [-0.3, -0.25) is 4.68 Å². The van der Waals surface area contributed by atoms with E-state index in [9.17, 15) is 4.79 Å². The van der Waals surface area contributed by atoms with Crippen LogP contribution in [0, 0.1) is 0 Å². The molecule has 1 saturated heterocycles. The third-order valence-corrected chi connectivity index (χ3v) is 3.17. The van der Waals surface area contributed by atoms with Crippen molar-refractivity contribution in [3.05, 3.63) is 11.8 Å². The van der Waals surface area contributed by atoms with Crippen LogP contribution in [0.2, 0.25) is 0 Å². The zero-order valence-corrected chi connectivity index (χ0v) is 12.4. The Kier molecular flexibility index (Phi) is 3.64. The Morgan fingerprint density at radius 1 is 1.60 bits per heavy atom. The van der Waals surface area contributed by atoms with Gasteiger partial charge in [-0.1, -0.05) is 0 Å². The summed E-state index contributed by atoms with van der Waals surface area (Å²) in [5.41, 5.74) is 5.29. The molecule has 1 aliphatic heterocycles. The number of aryl methyl sites for hydroxylation is 1. The highest BCUT2D eigenvalue weighted by atomic mass is 16.6. The summed E-state index contributed by atoms with van der Waals surface area (Å²) in [6.45, 7) is 6.39. The van der Waals surface area contributed by atoms with Crippen molar-refractivity contribution < 1.29 is 14.3 Å². The van der Waals surface area contributed by atoms with Crippen LogP contribution < -0.4 is 11.1 Å². The van der Waals surface area contributed by atoms with Gasteiger partial charge in [0.25, 0.3) is 0 Å². The average Bonchev–Trinajstić information content (AvgIpc) is 2.85. The van der Waals surface area contributed by atoms with Gasteiger partial charge in [0.1, 0.15) is 17.0 Å². The SMILES string of the molecule is Cn1nc(C2(NC(=O)OC(C)(C)C)CCOC2)cc1N. The van der Waals surface area contributed by atoms with Crippen molar-refractivity contribution in [3.8, 4) is 0 Å². The molecule has 7 heteroatoms. The highest BCUT2D eigenvalue weighted by Crippen LogP contribution is 2.31. The smallest absolute Gasteiger partial charge is 0.408 e. The van der Waals surface area contributed by atoms with E-state index in [1.54, 1.807) is 17.8 Å². The number of anilines is 1. The number of aromatic nitrogens is 2. The lowest BCUT2D eigenvalue weighted by Gasteiger charge is -2.29. The second-order valence-corrected chi connectivity index (χ2v) is 6.09. The first-order valence-corrected chi connectivity index (χ1v) is 6.61. The number of nitrogens with one attached hydrogen (secondary N) is 1. The molecular formula is C13H22N4O3. The number of hydrogen-bond acceptors (Lipinski definition) is 5. The minimum absolute atomic E-state index is 0.364. The van der Waals surface area contributed by atoms with Gasteiger partial charge in [0.15, 0.2) is 0 Å². The van der Waals surface area contributed by atoms with Gasteiger partial charge < -0.3 is 20.5 Å². The van der Waals surface area contributed by atoms with Crippen LogP contribution in [0.25, 0.3) is 0 Å². The molecule has 1 atom stereocenters. The van der Waals surface area contributed by atoms with Crippen molar-refractivity contribution in [2.45, 2.75) is 38.3 Å². The quantitative estimate of drug-likeness (QED) is 0.848. The predicted octanol–water partition coefficient (Wildman–Crippen LogP) is 1.14. The van der Waals surface area contributed by atoms with Crippen molar-refractivity contribution in [2.24, 2.45) is 7.05 Å². The van der Waals surface area contributed by atoms with Gasteiger partial charge in [-0.2, -0.15) is 5.10 Å². The van der Waals surface area contributed by atoms with E-state index in [4.69, 9.17) is 15.2 Å². The summed E-state index contributed by atoms with van der Waals surface area (Å²) in [6.07, 6.45) is 0.162. The lowest BCUT2D eigenvalue weighted by Crippen LogP contribution is -2.48. The number of nitrogens with two attached hydrogens (primary N) is 1. The van der Waals surface area contributed by atoms with Gasteiger partial charge in [-0.25, -0.2) is 4.79 Å². The van der Waals surface area contributed by atoms with Gasteiger partial charge >= 0.3 is 6.09 Å². The van der Waals surface area contributed by atoms with Crippen LogP contribution in [0.15, 0.2) is 6.07 Å². The number of alkyl carbamates (subject to hydrolysis) is 1. The zero-order chi connectivity index (χ0) is 15.0. The number of nitrogens with zero attached hydrogens (tertiary/aromatic N) is 2. The number of nitrogen functional groups attached to an aromatic ring is 1. The van der Waals surface area contributed by atoms with E-state index in [-0.39, 0.29) is 0 Å². The fraction of sp³-hybridized carbons (Fsp3) is 0.692. The van der Waals surface area contributed by atoms with E-state index in [1.807, 2.05) is 20.8 Å². The molecule has 1 aromatic rings. The average molecular weight is 282 g/mol. The highest BCUT2D eigenvalue weighted by Gasteiger charge is 2.41. The monoisotopic (exact) mass is 282 g/mol. The lowest BCUT2D eigenvalue weighted by atomic mass is 9.94. The standard InChI is InChI=1S/C13H22N4O3/c1-12(2,3)20-11(18)15-13(5-6-19-8-13)9-7-10(14)17(4)16-9/h7H,5-6,8,14H2,1-4H3,(H,15,18). The van der Waals surface area contributed by atoms with Crippen LogP contribution >= 0.6 is 0 Å². The molecule has 0 spiro atoms. The van der Waals surface area contributed by atoms with Crippen LogP contribution in [0.5, 0.6) is 0 Å². The third-order valence-electron chi connectivity index (χ3n) is 3.17. The fourth-order valence-electron chi connectivity index (χ4n) is 2.14. The molecule has 2 heterocycles. The molecule has 0 saturated carbocycles. The number of amides is 1. The van der Waals surface area contributed by atoms with Crippen LogP contribution in [-0.2, 0) is 22.1 Å². The largest absolute Gasteiger partial charge is 0.444 e. The number of carbonyl (C=O) groups is 1. The van der Waals surface area contributed by atoms with E-state index < -0.39 is 17.2 Å². The molecule has 1 aliphatic rings. The second kappa shape index (κ2) is 4.97. The normalized spacial score (nSPS) is 22.8. The van der Waals surface area contributed by atoms with Crippen molar-refractivity contribution in [1.82, 2.24) is 15.1 Å². The van der Waals surface area contributed by atoms with E-state index in [0.29, 0.717) is 31.1 Å². The molecule has 0 radical (unpaired) electrons. The van der Waals surface area contributed by atoms with Gasteiger partial charge in [0.2, 0.25) is 0 Å². The number of ether oxygens (including phenoxy) is 2. The van der Waals surface area contributed by atoms with Crippen LogP contribution in [0.1, 0.15) is 32.9 Å². The summed E-state index contributed by atoms with van der Waals surface area (Å²) in [7, 11) is 1.76. The molecule has 1 amide bonds. The van der Waals surface area contributed by atoms with E-state index in [1.165, 1.54) is 0 Å². The molecule has 1 unspecified atom stereocenters.